The van der Waals surface area contributed by atoms with Crippen LogP contribution in [0.2, 0.25) is 0 Å². The molecule has 0 aromatic rings. The smallest absolute Gasteiger partial charge is 0.207 e. The molecule has 4 aliphatic rings. The summed E-state index contributed by atoms with van der Waals surface area (Å²) >= 11 is 7.95. The van der Waals surface area contributed by atoms with Gasteiger partial charge in [-0.15, -0.1) is 11.6 Å². The number of fused-ring (bicyclic) bond motifs is 5. The second-order valence-electron chi connectivity index (χ2n) is 14.2. The van der Waals surface area contributed by atoms with E-state index in [0.29, 0.717) is 16.1 Å². The predicted octanol–water partition coefficient (Wildman–Crippen LogP) is 9.92. The fourth-order valence-electron chi connectivity index (χ4n) is 9.25. The Kier molecular flexibility index (Phi) is 8.85. The second kappa shape index (κ2) is 11.0. The van der Waals surface area contributed by atoms with Gasteiger partial charge < -0.3 is 0 Å². The summed E-state index contributed by atoms with van der Waals surface area (Å²) in [5.41, 5.74) is 2.61. The number of carbonyl (C=O) groups is 1. The largest absolute Gasteiger partial charge is 0.286 e. The summed E-state index contributed by atoms with van der Waals surface area (Å²) in [5.74, 6) is 5.53. The second-order valence-corrected chi connectivity index (χ2v) is 16.0. The first kappa shape index (κ1) is 28.1. The monoisotopic (exact) mass is 520 g/mol. The van der Waals surface area contributed by atoms with E-state index < -0.39 is 0 Å². The topological polar surface area (TPSA) is 17.1 Å². The summed E-state index contributed by atoms with van der Waals surface area (Å²) in [6.07, 6.45) is 17.5. The molecule has 0 unspecified atom stereocenters. The highest BCUT2D eigenvalue weighted by atomic mass is 35.5. The Balaban J connectivity index is 1.43. The SMILES string of the molecule is CC(C)CCC[C@H](C)[C@H]1CC[C@H]2[C@@H]3CC=C4C[C@H](SC(=O)[C@@H](Cl)C(C)C)CC[C@]4(C)[C@H]3CC[C@]12C. The molecule has 200 valence electrons. The van der Waals surface area contributed by atoms with Gasteiger partial charge >= 0.3 is 0 Å². The van der Waals surface area contributed by atoms with Crippen LogP contribution >= 0.6 is 23.4 Å². The zero-order valence-electron chi connectivity index (χ0n) is 23.7. The van der Waals surface area contributed by atoms with Crippen LogP contribution in [0.15, 0.2) is 11.6 Å². The molecule has 35 heavy (non-hydrogen) atoms. The minimum atomic E-state index is -0.350. The van der Waals surface area contributed by atoms with Crippen molar-refractivity contribution in [2.45, 2.75) is 130 Å². The molecule has 0 radical (unpaired) electrons. The highest BCUT2D eigenvalue weighted by Gasteiger charge is 2.59. The molecule has 3 heteroatoms. The van der Waals surface area contributed by atoms with Crippen molar-refractivity contribution in [1.29, 1.82) is 0 Å². The van der Waals surface area contributed by atoms with Crippen molar-refractivity contribution in [2.75, 3.05) is 0 Å². The number of allylic oxidation sites excluding steroid dienone is 2. The molecule has 3 fully saturated rings. The van der Waals surface area contributed by atoms with Gasteiger partial charge in [0, 0.05) is 5.25 Å². The minimum absolute atomic E-state index is 0.192. The van der Waals surface area contributed by atoms with Crippen LogP contribution in [-0.4, -0.2) is 15.7 Å². The van der Waals surface area contributed by atoms with E-state index in [4.69, 9.17) is 11.6 Å². The van der Waals surface area contributed by atoms with E-state index >= 15 is 0 Å². The van der Waals surface area contributed by atoms with Crippen molar-refractivity contribution in [3.8, 4) is 0 Å². The van der Waals surface area contributed by atoms with Crippen molar-refractivity contribution in [3.05, 3.63) is 11.6 Å². The van der Waals surface area contributed by atoms with Crippen molar-refractivity contribution in [1.82, 2.24) is 0 Å². The normalized spacial score (nSPS) is 40.6. The first-order valence-corrected chi connectivity index (χ1v) is 16.3. The van der Waals surface area contributed by atoms with Crippen molar-refractivity contribution in [3.63, 3.8) is 0 Å². The number of hydrogen-bond acceptors (Lipinski definition) is 2. The number of halogens is 1. The molecule has 0 heterocycles. The van der Waals surface area contributed by atoms with E-state index in [-0.39, 0.29) is 16.4 Å². The molecule has 0 aromatic heterocycles. The number of alkyl halides is 1. The third-order valence-electron chi connectivity index (χ3n) is 11.4. The highest BCUT2D eigenvalue weighted by Crippen LogP contribution is 2.67. The Morgan fingerprint density at radius 1 is 1.03 bits per heavy atom. The highest BCUT2D eigenvalue weighted by molar-refractivity contribution is 8.14. The van der Waals surface area contributed by atoms with Crippen molar-refractivity contribution in [2.24, 2.45) is 52.3 Å². The van der Waals surface area contributed by atoms with E-state index in [1.807, 2.05) is 0 Å². The maximum atomic E-state index is 12.7. The molecule has 3 saturated carbocycles. The van der Waals surface area contributed by atoms with Crippen LogP contribution in [0.25, 0.3) is 0 Å². The van der Waals surface area contributed by atoms with E-state index in [9.17, 15) is 4.79 Å². The molecule has 4 rings (SSSR count). The minimum Gasteiger partial charge on any atom is -0.286 e. The molecule has 4 aliphatic carbocycles. The predicted molar refractivity (Wildman–Crippen MR) is 154 cm³/mol. The molecular formula is C32H53ClOS. The summed E-state index contributed by atoms with van der Waals surface area (Å²) in [6.45, 7) is 16.7. The van der Waals surface area contributed by atoms with E-state index in [0.717, 1.165) is 41.9 Å². The summed E-state index contributed by atoms with van der Waals surface area (Å²) in [7, 11) is 0. The summed E-state index contributed by atoms with van der Waals surface area (Å²) in [6, 6.07) is 0. The molecule has 0 aromatic carbocycles. The number of hydrogen-bond donors (Lipinski definition) is 0. The molecule has 1 nitrogen and oxygen atoms in total. The van der Waals surface area contributed by atoms with E-state index in [1.165, 1.54) is 64.2 Å². The van der Waals surface area contributed by atoms with Gasteiger partial charge in [-0.2, -0.15) is 0 Å². The third-order valence-corrected chi connectivity index (χ3v) is 13.4. The average molecular weight is 521 g/mol. The molecule has 0 N–H and O–H groups in total. The first-order chi connectivity index (χ1) is 16.5. The number of thioether (sulfide) groups is 1. The standard InChI is InChI=1S/C32H53ClOS/c1-20(2)9-8-10-22(5)26-13-14-27-25-12-11-23-19-24(35-30(34)29(33)21(3)4)15-17-31(23,6)28(25)16-18-32(26,27)7/h11,20-22,24-29H,8-10,12-19H2,1-7H3/t22-,24+,25-,26+,27-,28-,29-,31-,32+/m0/s1. The van der Waals surface area contributed by atoms with Gasteiger partial charge in [0.05, 0.1) is 0 Å². The maximum absolute atomic E-state index is 12.7. The molecule has 0 amide bonds. The third kappa shape index (κ3) is 5.46. The average Bonchev–Trinajstić information content (AvgIpc) is 3.15. The van der Waals surface area contributed by atoms with Gasteiger partial charge in [0.25, 0.3) is 0 Å². The van der Waals surface area contributed by atoms with Crippen LogP contribution in [0.4, 0.5) is 0 Å². The van der Waals surface area contributed by atoms with Crippen molar-refractivity contribution >= 4 is 28.5 Å². The molecule has 0 aliphatic heterocycles. The van der Waals surface area contributed by atoms with Gasteiger partial charge in [0.15, 0.2) is 0 Å². The fourth-order valence-corrected chi connectivity index (χ4v) is 10.6. The van der Waals surface area contributed by atoms with E-state index in [1.54, 1.807) is 17.3 Å². The van der Waals surface area contributed by atoms with Gasteiger partial charge in [-0.25, -0.2) is 0 Å². The summed E-state index contributed by atoms with van der Waals surface area (Å²) in [4.78, 5) is 12.7. The van der Waals surface area contributed by atoms with Crippen LogP contribution in [0.5, 0.6) is 0 Å². The zero-order valence-corrected chi connectivity index (χ0v) is 25.3. The van der Waals surface area contributed by atoms with Crippen LogP contribution in [0, 0.1) is 52.3 Å². The quantitative estimate of drug-likeness (QED) is 0.234. The molecule has 9 atom stereocenters. The lowest BCUT2D eigenvalue weighted by atomic mass is 9.47. The Hall–Kier alpha value is 0.0500. The molecule has 0 bridgehead atoms. The Labute approximate surface area is 226 Å². The molecular weight excluding hydrogens is 468 g/mol. The van der Waals surface area contributed by atoms with Gasteiger partial charge in [0.1, 0.15) is 5.38 Å². The van der Waals surface area contributed by atoms with Crippen LogP contribution in [0.3, 0.4) is 0 Å². The lowest BCUT2D eigenvalue weighted by Gasteiger charge is -2.58. The van der Waals surface area contributed by atoms with Gasteiger partial charge in [-0.1, -0.05) is 91.1 Å². The van der Waals surface area contributed by atoms with Crippen molar-refractivity contribution < 1.29 is 4.79 Å². The van der Waals surface area contributed by atoms with Crippen LogP contribution < -0.4 is 0 Å². The maximum Gasteiger partial charge on any atom is 0.207 e. The summed E-state index contributed by atoms with van der Waals surface area (Å²) in [5, 5.41) is 0.268. The fraction of sp³-hybridized carbons (Fsp3) is 0.906. The van der Waals surface area contributed by atoms with Crippen LogP contribution in [0.1, 0.15) is 119 Å². The Morgan fingerprint density at radius 2 is 1.77 bits per heavy atom. The van der Waals surface area contributed by atoms with E-state index in [2.05, 4.69) is 54.5 Å². The Bertz CT molecular complexity index is 788. The lowest BCUT2D eigenvalue weighted by Crippen LogP contribution is -2.50. The number of carbonyl (C=O) groups excluding carboxylic acids is 1. The molecule has 0 spiro atoms. The Morgan fingerprint density at radius 3 is 2.46 bits per heavy atom. The van der Waals surface area contributed by atoms with Gasteiger partial charge in [0.2, 0.25) is 5.12 Å². The molecule has 0 saturated heterocycles. The first-order valence-electron chi connectivity index (χ1n) is 15.0. The van der Waals surface area contributed by atoms with Gasteiger partial charge in [-0.05, 0) is 104 Å². The lowest BCUT2D eigenvalue weighted by molar-refractivity contribution is -0.111. The summed E-state index contributed by atoms with van der Waals surface area (Å²) < 4.78 is 0. The van der Waals surface area contributed by atoms with Gasteiger partial charge in [-0.3, -0.25) is 4.79 Å². The zero-order chi connectivity index (χ0) is 25.5. The number of rotatable bonds is 8. The van der Waals surface area contributed by atoms with Crippen LogP contribution in [-0.2, 0) is 4.79 Å².